The topological polar surface area (TPSA) is 89.7 Å². The molecule has 7 nitrogen and oxygen atoms in total. The molecule has 0 spiro atoms. The van der Waals surface area contributed by atoms with Gasteiger partial charge in [-0.25, -0.2) is 8.42 Å². The van der Waals surface area contributed by atoms with Crippen molar-refractivity contribution in [1.29, 1.82) is 0 Å². The first-order chi connectivity index (χ1) is 16.0. The van der Waals surface area contributed by atoms with Crippen LogP contribution in [0.15, 0.2) is 33.7 Å². The number of benzene rings is 1. The number of sulfone groups is 1. The highest BCUT2D eigenvalue weighted by atomic mass is 32.2. The highest BCUT2D eigenvalue weighted by Crippen LogP contribution is 2.64. The number of hydrogen-bond donors (Lipinski definition) is 0. The van der Waals surface area contributed by atoms with Gasteiger partial charge in [-0.3, -0.25) is 4.79 Å². The standard InChI is InChI=1S/C21H20F6N2O5S/c1-10-14-8-29(9-19(10,14)16-7-17(34-28-16)21(25,26)27)18(30)13-6-12(35(3,31)32)4-5-15(13)33-11(2)20(22,23)24/h4-7,10-11,14H,8-9H2,1-3H3/t10?,11-,14-,19-/m1/s1. The van der Waals surface area contributed by atoms with Crippen molar-refractivity contribution in [2.75, 3.05) is 19.3 Å². The SMILES string of the molecule is CC1[C@H]2CN(C(=O)c3cc(S(C)(=O)=O)ccc3O[C@H](C)C(F)(F)F)C[C@@]12c1cc(C(F)(F)F)on1. The molecule has 1 saturated heterocycles. The lowest BCUT2D eigenvalue weighted by molar-refractivity contribution is -0.189. The van der Waals surface area contributed by atoms with Gasteiger partial charge in [0.2, 0.25) is 5.76 Å². The number of rotatable bonds is 5. The Balaban J connectivity index is 1.66. The van der Waals surface area contributed by atoms with E-state index in [0.717, 1.165) is 37.4 Å². The van der Waals surface area contributed by atoms with Crippen LogP contribution in [-0.4, -0.2) is 56.0 Å². The van der Waals surface area contributed by atoms with Crippen molar-refractivity contribution in [3.8, 4) is 5.75 Å². The number of alkyl halides is 6. The van der Waals surface area contributed by atoms with Gasteiger partial charge >= 0.3 is 12.4 Å². The Morgan fingerprint density at radius 1 is 1.23 bits per heavy atom. The Labute approximate surface area is 195 Å². The molecule has 1 unspecified atom stereocenters. The van der Waals surface area contributed by atoms with Gasteiger partial charge in [0.1, 0.15) is 5.75 Å². The maximum Gasteiger partial charge on any atom is 0.452 e. The number of hydrogen-bond acceptors (Lipinski definition) is 6. The van der Waals surface area contributed by atoms with Crippen LogP contribution in [0.1, 0.15) is 35.7 Å². The molecule has 192 valence electrons. The Kier molecular flexibility index (Phi) is 5.69. The first kappa shape index (κ1) is 25.3. The minimum atomic E-state index is -4.74. The van der Waals surface area contributed by atoms with Crippen molar-refractivity contribution in [2.24, 2.45) is 11.8 Å². The van der Waals surface area contributed by atoms with Crippen molar-refractivity contribution in [1.82, 2.24) is 10.1 Å². The van der Waals surface area contributed by atoms with Crippen LogP contribution in [-0.2, 0) is 21.4 Å². The first-order valence-corrected chi connectivity index (χ1v) is 12.3. The minimum Gasteiger partial charge on any atom is -0.480 e. The van der Waals surface area contributed by atoms with Crippen LogP contribution in [0.2, 0.25) is 0 Å². The molecule has 4 atom stereocenters. The molecular formula is C21H20F6N2O5S. The molecule has 1 aromatic carbocycles. The van der Waals surface area contributed by atoms with Gasteiger partial charge in [0.05, 0.1) is 16.2 Å². The Morgan fingerprint density at radius 3 is 2.43 bits per heavy atom. The van der Waals surface area contributed by atoms with Gasteiger partial charge in [-0.05, 0) is 37.0 Å². The molecule has 2 aromatic rings. The molecule has 0 bridgehead atoms. The predicted octanol–water partition coefficient (Wildman–Crippen LogP) is 4.09. The van der Waals surface area contributed by atoms with Gasteiger partial charge in [0.15, 0.2) is 15.9 Å². The van der Waals surface area contributed by atoms with E-state index in [-0.39, 0.29) is 35.5 Å². The van der Waals surface area contributed by atoms with Crippen molar-refractivity contribution < 1.29 is 48.8 Å². The summed E-state index contributed by atoms with van der Waals surface area (Å²) < 4.78 is 111. The number of piperidine rings is 1. The van der Waals surface area contributed by atoms with Crippen molar-refractivity contribution in [3.05, 3.63) is 41.3 Å². The molecule has 2 fully saturated rings. The van der Waals surface area contributed by atoms with Gasteiger partial charge in [0, 0.05) is 30.8 Å². The maximum atomic E-state index is 13.3. The number of ether oxygens (including phenoxy) is 1. The molecule has 1 saturated carbocycles. The molecule has 2 heterocycles. The largest absolute Gasteiger partial charge is 0.480 e. The van der Waals surface area contributed by atoms with Crippen LogP contribution < -0.4 is 4.74 Å². The Morgan fingerprint density at radius 2 is 1.89 bits per heavy atom. The third-order valence-corrected chi connectivity index (χ3v) is 7.88. The first-order valence-electron chi connectivity index (χ1n) is 10.4. The average molecular weight is 526 g/mol. The second-order valence-electron chi connectivity index (χ2n) is 8.93. The average Bonchev–Trinajstić information content (AvgIpc) is 3.16. The van der Waals surface area contributed by atoms with Crippen molar-refractivity contribution in [3.63, 3.8) is 0 Å². The van der Waals surface area contributed by atoms with E-state index in [1.807, 2.05) is 0 Å². The molecular weight excluding hydrogens is 506 g/mol. The zero-order valence-electron chi connectivity index (χ0n) is 18.6. The summed E-state index contributed by atoms with van der Waals surface area (Å²) in [5.74, 6) is -2.92. The summed E-state index contributed by atoms with van der Waals surface area (Å²) in [7, 11) is -3.81. The quantitative estimate of drug-likeness (QED) is 0.546. The van der Waals surface area contributed by atoms with E-state index in [2.05, 4.69) is 9.68 Å². The van der Waals surface area contributed by atoms with Crippen LogP contribution in [0.25, 0.3) is 0 Å². The lowest BCUT2D eigenvalue weighted by Gasteiger charge is -2.25. The molecule has 1 amide bonds. The fourth-order valence-electron chi connectivity index (χ4n) is 4.65. The normalized spacial score (nSPS) is 25.3. The summed E-state index contributed by atoms with van der Waals surface area (Å²) >= 11 is 0. The van der Waals surface area contributed by atoms with Crippen LogP contribution in [0, 0.1) is 11.8 Å². The van der Waals surface area contributed by atoms with E-state index in [0.29, 0.717) is 0 Å². The number of aromatic nitrogens is 1. The van der Waals surface area contributed by atoms with E-state index in [4.69, 9.17) is 4.74 Å². The van der Waals surface area contributed by atoms with Crippen molar-refractivity contribution >= 4 is 15.7 Å². The number of amides is 1. The van der Waals surface area contributed by atoms with Gasteiger partial charge in [-0.1, -0.05) is 12.1 Å². The monoisotopic (exact) mass is 526 g/mol. The highest BCUT2D eigenvalue weighted by Gasteiger charge is 2.70. The molecule has 1 aliphatic heterocycles. The third kappa shape index (κ3) is 4.36. The highest BCUT2D eigenvalue weighted by molar-refractivity contribution is 7.90. The van der Waals surface area contributed by atoms with Crippen LogP contribution in [0.5, 0.6) is 5.75 Å². The van der Waals surface area contributed by atoms with Crippen molar-refractivity contribution in [2.45, 2.75) is 42.6 Å². The number of halogens is 6. The second kappa shape index (κ2) is 7.87. The van der Waals surface area contributed by atoms with Crippen LogP contribution in [0.4, 0.5) is 26.3 Å². The van der Waals surface area contributed by atoms with E-state index in [9.17, 15) is 39.6 Å². The number of nitrogens with zero attached hydrogens (tertiary/aromatic N) is 2. The molecule has 14 heteroatoms. The molecule has 1 aromatic heterocycles. The summed E-state index contributed by atoms with van der Waals surface area (Å²) in [6, 6.07) is 3.74. The second-order valence-corrected chi connectivity index (χ2v) is 10.9. The molecule has 1 aliphatic carbocycles. The summed E-state index contributed by atoms with van der Waals surface area (Å²) in [6.45, 7) is 2.55. The summed E-state index contributed by atoms with van der Waals surface area (Å²) in [4.78, 5) is 14.3. The summed E-state index contributed by atoms with van der Waals surface area (Å²) in [5, 5.41) is 3.56. The van der Waals surface area contributed by atoms with Gasteiger partial charge in [0.25, 0.3) is 5.91 Å². The zero-order valence-corrected chi connectivity index (χ0v) is 19.4. The lowest BCUT2D eigenvalue weighted by Crippen LogP contribution is -2.36. The summed E-state index contributed by atoms with van der Waals surface area (Å²) in [6.07, 6.45) is -10.9. The molecule has 35 heavy (non-hydrogen) atoms. The Bertz CT molecular complexity index is 1270. The van der Waals surface area contributed by atoms with E-state index >= 15 is 0 Å². The smallest absolute Gasteiger partial charge is 0.452 e. The van der Waals surface area contributed by atoms with Crippen LogP contribution >= 0.6 is 0 Å². The molecule has 0 radical (unpaired) electrons. The number of carbonyl (C=O) groups is 1. The van der Waals surface area contributed by atoms with E-state index in [1.54, 1.807) is 6.92 Å². The van der Waals surface area contributed by atoms with Gasteiger partial charge in [-0.2, -0.15) is 26.3 Å². The fourth-order valence-corrected chi connectivity index (χ4v) is 5.30. The zero-order chi connectivity index (χ0) is 26.1. The minimum absolute atomic E-state index is 0.0321. The molecule has 0 N–H and O–H groups in total. The summed E-state index contributed by atoms with van der Waals surface area (Å²) in [5.41, 5.74) is -1.27. The van der Waals surface area contributed by atoms with Crippen LogP contribution in [0.3, 0.4) is 0 Å². The van der Waals surface area contributed by atoms with E-state index < -0.39 is 56.7 Å². The number of fused-ring (bicyclic) bond motifs is 1. The predicted molar refractivity (Wildman–Crippen MR) is 107 cm³/mol. The molecule has 2 aliphatic rings. The fraction of sp³-hybridized carbons (Fsp3) is 0.524. The lowest BCUT2D eigenvalue weighted by atomic mass is 9.98. The number of carbonyl (C=O) groups excluding carboxylic acids is 1. The molecule has 4 rings (SSSR count). The number of likely N-dealkylation sites (tertiary alicyclic amines) is 1. The van der Waals surface area contributed by atoms with E-state index in [1.165, 1.54) is 4.90 Å². The van der Waals surface area contributed by atoms with Gasteiger partial charge in [-0.15, -0.1) is 0 Å². The Hall–Kier alpha value is -2.77. The third-order valence-electron chi connectivity index (χ3n) is 6.77. The van der Waals surface area contributed by atoms with Gasteiger partial charge < -0.3 is 14.2 Å². The maximum absolute atomic E-state index is 13.3.